The Hall–Kier alpha value is -2.21. The van der Waals surface area contributed by atoms with Gasteiger partial charge in [0.1, 0.15) is 10.6 Å². The lowest BCUT2D eigenvalue weighted by Crippen LogP contribution is -2.13. The molecule has 1 N–H and O–H groups in total. The number of nitrogens with zero attached hydrogens (tertiary/aromatic N) is 2. The first-order valence-electron chi connectivity index (χ1n) is 7.69. The van der Waals surface area contributed by atoms with Crippen molar-refractivity contribution in [2.24, 2.45) is 0 Å². The van der Waals surface area contributed by atoms with Crippen LogP contribution in [0.2, 0.25) is 0 Å². The number of benzene rings is 1. The SMILES string of the molecule is CCc1ccc2c(CC(=O)Nc3nnc(C(C)C)s3)coc2c1. The fourth-order valence-electron chi connectivity index (χ4n) is 2.34. The van der Waals surface area contributed by atoms with E-state index in [1.165, 1.54) is 16.9 Å². The molecule has 0 saturated carbocycles. The normalized spacial score (nSPS) is 11.3. The maximum Gasteiger partial charge on any atom is 0.230 e. The topological polar surface area (TPSA) is 68.0 Å². The van der Waals surface area contributed by atoms with Crippen molar-refractivity contribution in [1.29, 1.82) is 0 Å². The van der Waals surface area contributed by atoms with Crippen LogP contribution in [-0.2, 0) is 17.6 Å². The molecule has 120 valence electrons. The summed E-state index contributed by atoms with van der Waals surface area (Å²) in [4.78, 5) is 12.2. The van der Waals surface area contributed by atoms with Gasteiger partial charge in [-0.2, -0.15) is 0 Å². The lowest BCUT2D eigenvalue weighted by Gasteiger charge is -2.00. The number of hydrogen-bond acceptors (Lipinski definition) is 5. The van der Waals surface area contributed by atoms with E-state index in [-0.39, 0.29) is 12.3 Å². The van der Waals surface area contributed by atoms with Crippen molar-refractivity contribution in [3.8, 4) is 0 Å². The average Bonchev–Trinajstić information content (AvgIpc) is 3.14. The minimum atomic E-state index is -0.112. The highest BCUT2D eigenvalue weighted by molar-refractivity contribution is 7.15. The number of rotatable bonds is 5. The second kappa shape index (κ2) is 6.50. The first-order chi connectivity index (χ1) is 11.1. The third-order valence-corrected chi connectivity index (χ3v) is 4.80. The number of aromatic nitrogens is 2. The first kappa shape index (κ1) is 15.7. The van der Waals surface area contributed by atoms with Gasteiger partial charge in [-0.15, -0.1) is 10.2 Å². The Bertz CT molecular complexity index is 835. The summed E-state index contributed by atoms with van der Waals surface area (Å²) in [5.41, 5.74) is 2.93. The molecule has 1 amide bonds. The van der Waals surface area contributed by atoms with Crippen molar-refractivity contribution >= 4 is 33.3 Å². The third kappa shape index (κ3) is 3.42. The number of anilines is 1. The van der Waals surface area contributed by atoms with E-state index in [9.17, 15) is 4.79 Å². The molecule has 2 heterocycles. The first-order valence-corrected chi connectivity index (χ1v) is 8.50. The number of amides is 1. The molecule has 0 unspecified atom stereocenters. The van der Waals surface area contributed by atoms with Crippen LogP contribution in [-0.4, -0.2) is 16.1 Å². The van der Waals surface area contributed by atoms with Crippen LogP contribution >= 0.6 is 11.3 Å². The van der Waals surface area contributed by atoms with Gasteiger partial charge in [-0.25, -0.2) is 0 Å². The van der Waals surface area contributed by atoms with E-state index >= 15 is 0 Å². The largest absolute Gasteiger partial charge is 0.464 e. The smallest absolute Gasteiger partial charge is 0.230 e. The molecule has 0 bridgehead atoms. The molecule has 2 aromatic heterocycles. The highest BCUT2D eigenvalue weighted by atomic mass is 32.1. The van der Waals surface area contributed by atoms with Crippen LogP contribution in [0.1, 0.15) is 42.8 Å². The van der Waals surface area contributed by atoms with Gasteiger partial charge in [0.15, 0.2) is 0 Å². The Morgan fingerprint density at radius 1 is 1.35 bits per heavy atom. The molecule has 5 nitrogen and oxygen atoms in total. The molecule has 0 aliphatic carbocycles. The van der Waals surface area contributed by atoms with Crippen molar-refractivity contribution in [1.82, 2.24) is 10.2 Å². The maximum absolute atomic E-state index is 12.2. The van der Waals surface area contributed by atoms with Crippen LogP contribution in [0.3, 0.4) is 0 Å². The number of carbonyl (C=O) groups is 1. The van der Waals surface area contributed by atoms with Gasteiger partial charge in [0.05, 0.1) is 12.7 Å². The molecule has 3 rings (SSSR count). The summed E-state index contributed by atoms with van der Waals surface area (Å²) in [6.07, 6.45) is 2.88. The summed E-state index contributed by atoms with van der Waals surface area (Å²) in [5, 5.41) is 13.3. The lowest BCUT2D eigenvalue weighted by molar-refractivity contribution is -0.115. The van der Waals surface area contributed by atoms with E-state index in [2.05, 4.69) is 28.5 Å². The molecule has 0 aliphatic rings. The second-order valence-electron chi connectivity index (χ2n) is 5.77. The van der Waals surface area contributed by atoms with Crippen molar-refractivity contribution in [3.63, 3.8) is 0 Å². The Kier molecular flexibility index (Phi) is 4.43. The fourth-order valence-corrected chi connectivity index (χ4v) is 3.10. The van der Waals surface area contributed by atoms with Crippen LogP contribution in [0.4, 0.5) is 5.13 Å². The Morgan fingerprint density at radius 2 is 2.17 bits per heavy atom. The summed E-state index contributed by atoms with van der Waals surface area (Å²) >= 11 is 1.41. The molecule has 0 atom stereocenters. The quantitative estimate of drug-likeness (QED) is 0.763. The molecule has 0 fully saturated rings. The Morgan fingerprint density at radius 3 is 2.87 bits per heavy atom. The summed E-state index contributed by atoms with van der Waals surface area (Å²) in [6, 6.07) is 6.11. The third-order valence-electron chi connectivity index (χ3n) is 3.66. The average molecular weight is 329 g/mol. The van der Waals surface area contributed by atoms with Crippen LogP contribution in [0, 0.1) is 0 Å². The minimum Gasteiger partial charge on any atom is -0.464 e. The zero-order chi connectivity index (χ0) is 16.4. The molecule has 3 aromatic rings. The van der Waals surface area contributed by atoms with Crippen molar-refractivity contribution in [3.05, 3.63) is 40.6 Å². The molecule has 0 aliphatic heterocycles. The number of furan rings is 1. The number of fused-ring (bicyclic) bond motifs is 1. The molecule has 0 spiro atoms. The molecular formula is C17H19N3O2S. The van der Waals surface area contributed by atoms with Crippen molar-refractivity contribution < 1.29 is 9.21 Å². The zero-order valence-electron chi connectivity index (χ0n) is 13.4. The van der Waals surface area contributed by atoms with Crippen molar-refractivity contribution in [2.45, 2.75) is 39.5 Å². The molecule has 0 saturated heterocycles. The van der Waals surface area contributed by atoms with Gasteiger partial charge in [-0.1, -0.05) is 44.2 Å². The molecule has 1 aromatic carbocycles. The summed E-state index contributed by atoms with van der Waals surface area (Å²) in [5.74, 6) is 0.197. The predicted octanol–water partition coefficient (Wildman–Crippen LogP) is 4.15. The van der Waals surface area contributed by atoms with Crippen LogP contribution in [0.25, 0.3) is 11.0 Å². The van der Waals surface area contributed by atoms with Gasteiger partial charge in [0.2, 0.25) is 11.0 Å². The summed E-state index contributed by atoms with van der Waals surface area (Å²) in [6.45, 7) is 6.20. The van der Waals surface area contributed by atoms with Gasteiger partial charge in [0.25, 0.3) is 0 Å². The van der Waals surface area contributed by atoms with E-state index in [4.69, 9.17) is 4.42 Å². The number of carbonyl (C=O) groups excluding carboxylic acids is 1. The molecular weight excluding hydrogens is 310 g/mol. The van der Waals surface area contributed by atoms with Gasteiger partial charge in [-0.3, -0.25) is 4.79 Å². The summed E-state index contributed by atoms with van der Waals surface area (Å²) in [7, 11) is 0. The standard InChI is InChI=1S/C17H19N3O2S/c1-4-11-5-6-13-12(9-22-14(13)7-11)8-15(21)18-17-20-19-16(23-17)10(2)3/h5-7,9-10H,4,8H2,1-3H3,(H,18,20,21). The highest BCUT2D eigenvalue weighted by Crippen LogP contribution is 2.25. The van der Waals surface area contributed by atoms with Gasteiger partial charge < -0.3 is 9.73 Å². The maximum atomic E-state index is 12.2. The number of aryl methyl sites for hydroxylation is 1. The number of hydrogen-bond donors (Lipinski definition) is 1. The number of nitrogens with one attached hydrogen (secondary N) is 1. The zero-order valence-corrected chi connectivity index (χ0v) is 14.2. The van der Waals surface area contributed by atoms with E-state index in [1.54, 1.807) is 6.26 Å². The van der Waals surface area contributed by atoms with Crippen LogP contribution in [0.5, 0.6) is 0 Å². The van der Waals surface area contributed by atoms with Gasteiger partial charge in [-0.05, 0) is 18.1 Å². The van der Waals surface area contributed by atoms with E-state index < -0.39 is 0 Å². The Balaban J connectivity index is 1.72. The minimum absolute atomic E-state index is 0.112. The lowest BCUT2D eigenvalue weighted by atomic mass is 10.1. The fraction of sp³-hybridized carbons (Fsp3) is 0.353. The van der Waals surface area contributed by atoms with Gasteiger partial charge in [0, 0.05) is 16.9 Å². The van der Waals surface area contributed by atoms with Crippen LogP contribution < -0.4 is 5.32 Å². The van der Waals surface area contributed by atoms with E-state index in [0.29, 0.717) is 11.0 Å². The van der Waals surface area contributed by atoms with E-state index in [0.717, 1.165) is 28.0 Å². The monoisotopic (exact) mass is 329 g/mol. The predicted molar refractivity (Wildman–Crippen MR) is 91.9 cm³/mol. The molecule has 23 heavy (non-hydrogen) atoms. The Labute approximate surface area is 138 Å². The second-order valence-corrected chi connectivity index (χ2v) is 6.78. The van der Waals surface area contributed by atoms with Gasteiger partial charge >= 0.3 is 0 Å². The van der Waals surface area contributed by atoms with E-state index in [1.807, 2.05) is 26.0 Å². The highest BCUT2D eigenvalue weighted by Gasteiger charge is 2.14. The van der Waals surface area contributed by atoms with Crippen LogP contribution in [0.15, 0.2) is 28.9 Å². The molecule has 0 radical (unpaired) electrons. The van der Waals surface area contributed by atoms with Crippen molar-refractivity contribution in [2.75, 3.05) is 5.32 Å². The summed E-state index contributed by atoms with van der Waals surface area (Å²) < 4.78 is 5.57. The molecule has 6 heteroatoms.